The van der Waals surface area contributed by atoms with Gasteiger partial charge in [0.1, 0.15) is 0 Å². The van der Waals surface area contributed by atoms with E-state index in [1.165, 1.54) is 15.6 Å². The molecular formula is C14H15N3S. The van der Waals surface area contributed by atoms with Crippen molar-refractivity contribution in [3.63, 3.8) is 0 Å². The summed E-state index contributed by atoms with van der Waals surface area (Å²) in [5.74, 6) is 0. The molecule has 0 bridgehead atoms. The molecule has 0 spiro atoms. The van der Waals surface area contributed by atoms with Crippen LogP contribution in [0.2, 0.25) is 0 Å². The summed E-state index contributed by atoms with van der Waals surface area (Å²) in [5, 5.41) is 11.4. The Morgan fingerprint density at radius 1 is 1.33 bits per heavy atom. The Balaban J connectivity index is 1.83. The Morgan fingerprint density at radius 2 is 2.17 bits per heavy atom. The fourth-order valence-corrected chi connectivity index (χ4v) is 3.10. The molecular weight excluding hydrogens is 242 g/mol. The second kappa shape index (κ2) is 4.46. The van der Waals surface area contributed by atoms with E-state index >= 15 is 0 Å². The van der Waals surface area contributed by atoms with Gasteiger partial charge in [0.2, 0.25) is 0 Å². The zero-order valence-electron chi connectivity index (χ0n) is 10.5. The predicted molar refractivity (Wildman–Crippen MR) is 77.1 cm³/mol. The van der Waals surface area contributed by atoms with Gasteiger partial charge in [-0.2, -0.15) is 5.10 Å². The first-order chi connectivity index (χ1) is 8.74. The molecule has 0 unspecified atom stereocenters. The molecule has 0 aliphatic rings. The van der Waals surface area contributed by atoms with Gasteiger partial charge in [-0.3, -0.25) is 4.68 Å². The van der Waals surface area contributed by atoms with Gasteiger partial charge in [0.25, 0.3) is 0 Å². The van der Waals surface area contributed by atoms with Crippen LogP contribution < -0.4 is 5.32 Å². The molecule has 92 valence electrons. The second-order valence-corrected chi connectivity index (χ2v) is 5.32. The van der Waals surface area contributed by atoms with Crippen molar-refractivity contribution >= 4 is 27.1 Å². The van der Waals surface area contributed by atoms with Crippen molar-refractivity contribution in [2.75, 3.05) is 5.32 Å². The van der Waals surface area contributed by atoms with Crippen molar-refractivity contribution in [1.82, 2.24) is 9.78 Å². The number of hydrogen-bond acceptors (Lipinski definition) is 3. The Kier molecular flexibility index (Phi) is 2.80. The van der Waals surface area contributed by atoms with E-state index in [1.54, 1.807) is 11.3 Å². The summed E-state index contributed by atoms with van der Waals surface area (Å²) in [5.41, 5.74) is 3.49. The van der Waals surface area contributed by atoms with Crippen LogP contribution in [0.1, 0.15) is 11.3 Å². The van der Waals surface area contributed by atoms with E-state index < -0.39 is 0 Å². The van der Waals surface area contributed by atoms with Crippen LogP contribution >= 0.6 is 11.3 Å². The number of hydrogen-bond donors (Lipinski definition) is 1. The van der Waals surface area contributed by atoms with E-state index in [-0.39, 0.29) is 0 Å². The third-order valence-corrected chi connectivity index (χ3v) is 4.06. The summed E-state index contributed by atoms with van der Waals surface area (Å²) in [6, 6.07) is 8.52. The van der Waals surface area contributed by atoms with Crippen LogP contribution in [0.4, 0.5) is 5.69 Å². The maximum Gasteiger partial charge on any atom is 0.0825 e. The SMILES string of the molecule is Cc1nn(C)cc1NCc1csc2ccccc12. The molecule has 0 amide bonds. The highest BCUT2D eigenvalue weighted by Gasteiger charge is 2.05. The summed E-state index contributed by atoms with van der Waals surface area (Å²) in [4.78, 5) is 0. The predicted octanol–water partition coefficient (Wildman–Crippen LogP) is 3.56. The van der Waals surface area contributed by atoms with Gasteiger partial charge >= 0.3 is 0 Å². The van der Waals surface area contributed by atoms with Crippen LogP contribution in [-0.2, 0) is 13.6 Å². The van der Waals surface area contributed by atoms with Gasteiger partial charge in [0, 0.05) is 24.5 Å². The summed E-state index contributed by atoms with van der Waals surface area (Å²) in [6.45, 7) is 2.87. The molecule has 3 nitrogen and oxygen atoms in total. The highest BCUT2D eigenvalue weighted by molar-refractivity contribution is 7.17. The molecule has 18 heavy (non-hydrogen) atoms. The molecule has 0 fully saturated rings. The summed E-state index contributed by atoms with van der Waals surface area (Å²) < 4.78 is 3.18. The van der Waals surface area contributed by atoms with Crippen LogP contribution in [0.25, 0.3) is 10.1 Å². The maximum atomic E-state index is 4.33. The van der Waals surface area contributed by atoms with Crippen molar-refractivity contribution in [1.29, 1.82) is 0 Å². The van der Waals surface area contributed by atoms with Gasteiger partial charge in [-0.05, 0) is 29.3 Å². The molecule has 3 rings (SSSR count). The summed E-state index contributed by atoms with van der Waals surface area (Å²) in [7, 11) is 1.94. The van der Waals surface area contributed by atoms with Crippen molar-refractivity contribution in [3.8, 4) is 0 Å². The Hall–Kier alpha value is -1.81. The first-order valence-corrected chi connectivity index (χ1v) is 6.81. The molecule has 0 saturated carbocycles. The molecule has 4 heteroatoms. The van der Waals surface area contributed by atoms with Crippen LogP contribution in [-0.4, -0.2) is 9.78 Å². The highest BCUT2D eigenvalue weighted by atomic mass is 32.1. The van der Waals surface area contributed by atoms with Gasteiger partial charge in [0.05, 0.1) is 11.4 Å². The number of benzene rings is 1. The lowest BCUT2D eigenvalue weighted by Gasteiger charge is -2.03. The normalized spacial score (nSPS) is 11.0. The molecule has 0 radical (unpaired) electrons. The smallest absolute Gasteiger partial charge is 0.0825 e. The molecule has 0 atom stereocenters. The Bertz CT molecular complexity index is 681. The number of anilines is 1. The van der Waals surface area contributed by atoms with Gasteiger partial charge < -0.3 is 5.32 Å². The molecule has 1 aromatic carbocycles. The zero-order valence-corrected chi connectivity index (χ0v) is 11.3. The minimum atomic E-state index is 0.844. The number of rotatable bonds is 3. The lowest BCUT2D eigenvalue weighted by Crippen LogP contribution is -1.98. The van der Waals surface area contributed by atoms with Crippen LogP contribution in [0, 0.1) is 6.92 Å². The van der Waals surface area contributed by atoms with Crippen LogP contribution in [0.3, 0.4) is 0 Å². The molecule has 0 saturated heterocycles. The second-order valence-electron chi connectivity index (χ2n) is 4.41. The lowest BCUT2D eigenvalue weighted by atomic mass is 10.2. The van der Waals surface area contributed by atoms with Crippen molar-refractivity contribution in [2.45, 2.75) is 13.5 Å². The third kappa shape index (κ3) is 1.99. The first kappa shape index (κ1) is 11.3. The zero-order chi connectivity index (χ0) is 12.5. The standard InChI is InChI=1S/C14H15N3S/c1-10-13(8-17(2)16-10)15-7-11-9-18-14-6-4-3-5-12(11)14/h3-6,8-9,15H,7H2,1-2H3. The topological polar surface area (TPSA) is 29.9 Å². The molecule has 2 aromatic heterocycles. The van der Waals surface area contributed by atoms with Gasteiger partial charge in [-0.25, -0.2) is 0 Å². The minimum absolute atomic E-state index is 0.844. The quantitative estimate of drug-likeness (QED) is 0.777. The molecule has 0 aliphatic carbocycles. The van der Waals surface area contributed by atoms with Crippen molar-refractivity contribution < 1.29 is 0 Å². The number of aryl methyl sites for hydroxylation is 2. The fourth-order valence-electron chi connectivity index (χ4n) is 2.13. The molecule has 3 aromatic rings. The Morgan fingerprint density at radius 3 is 2.94 bits per heavy atom. The highest BCUT2D eigenvalue weighted by Crippen LogP contribution is 2.26. The number of fused-ring (bicyclic) bond motifs is 1. The van der Waals surface area contributed by atoms with Gasteiger partial charge in [0.15, 0.2) is 0 Å². The average Bonchev–Trinajstić information content (AvgIpc) is 2.90. The molecule has 0 aliphatic heterocycles. The number of aromatic nitrogens is 2. The van der Waals surface area contributed by atoms with Crippen molar-refractivity contribution in [2.24, 2.45) is 7.05 Å². The van der Waals surface area contributed by atoms with E-state index in [0.29, 0.717) is 0 Å². The van der Waals surface area contributed by atoms with E-state index in [9.17, 15) is 0 Å². The van der Waals surface area contributed by atoms with E-state index in [1.807, 2.05) is 24.9 Å². The third-order valence-electron chi connectivity index (χ3n) is 3.04. The van der Waals surface area contributed by atoms with Gasteiger partial charge in [-0.15, -0.1) is 11.3 Å². The van der Waals surface area contributed by atoms with Crippen LogP contribution in [0.5, 0.6) is 0 Å². The number of nitrogens with zero attached hydrogens (tertiary/aromatic N) is 2. The van der Waals surface area contributed by atoms with E-state index in [2.05, 4.69) is 40.1 Å². The minimum Gasteiger partial charge on any atom is -0.378 e. The van der Waals surface area contributed by atoms with Gasteiger partial charge in [-0.1, -0.05) is 18.2 Å². The largest absolute Gasteiger partial charge is 0.378 e. The summed E-state index contributed by atoms with van der Waals surface area (Å²) >= 11 is 1.80. The van der Waals surface area contributed by atoms with Crippen LogP contribution in [0.15, 0.2) is 35.8 Å². The molecule has 1 N–H and O–H groups in total. The first-order valence-electron chi connectivity index (χ1n) is 5.93. The van der Waals surface area contributed by atoms with Crippen molar-refractivity contribution in [3.05, 3.63) is 47.1 Å². The monoisotopic (exact) mass is 257 g/mol. The number of nitrogens with one attached hydrogen (secondary N) is 1. The summed E-state index contributed by atoms with van der Waals surface area (Å²) in [6.07, 6.45) is 2.02. The Labute approximate surface area is 110 Å². The molecule has 2 heterocycles. The fraction of sp³-hybridized carbons (Fsp3) is 0.214. The van der Waals surface area contributed by atoms with E-state index in [4.69, 9.17) is 0 Å². The maximum absolute atomic E-state index is 4.33. The van der Waals surface area contributed by atoms with E-state index in [0.717, 1.165) is 17.9 Å². The average molecular weight is 257 g/mol. The number of thiophene rings is 1. The lowest BCUT2D eigenvalue weighted by molar-refractivity contribution is 0.756.